The van der Waals surface area contributed by atoms with E-state index in [1.807, 2.05) is 0 Å². The van der Waals surface area contributed by atoms with Gasteiger partial charge in [-0.05, 0) is 24.3 Å². The van der Waals surface area contributed by atoms with Crippen LogP contribution in [-0.4, -0.2) is 68.6 Å². The lowest BCUT2D eigenvalue weighted by atomic mass is 10.0. The van der Waals surface area contributed by atoms with E-state index in [9.17, 15) is 18.0 Å². The van der Waals surface area contributed by atoms with Crippen LogP contribution >= 0.6 is 11.3 Å². The summed E-state index contributed by atoms with van der Waals surface area (Å²) in [5, 5.41) is 1.72. The van der Waals surface area contributed by atoms with Gasteiger partial charge in [0.25, 0.3) is 10.0 Å². The van der Waals surface area contributed by atoms with E-state index < -0.39 is 28.1 Å². The Labute approximate surface area is 144 Å². The molecule has 1 atom stereocenters. The molecule has 0 N–H and O–H groups in total. The predicted molar refractivity (Wildman–Crippen MR) is 85.1 cm³/mol. The van der Waals surface area contributed by atoms with Gasteiger partial charge in [-0.1, -0.05) is 6.07 Å². The highest BCUT2D eigenvalue weighted by molar-refractivity contribution is 7.91. The molecule has 132 valence electrons. The maximum absolute atomic E-state index is 12.5. The fourth-order valence-corrected chi connectivity index (χ4v) is 5.67. The standard InChI is InChI=1S/C14H18N2O6S2/c1-21-13(17)11-9-22-14(18)16(11)10-4-6-15(7-5-10)24(19,20)12-3-2-8-23-12/h2-3,8,10-11H,4-7,9H2,1H3. The van der Waals surface area contributed by atoms with Crippen LogP contribution in [0.4, 0.5) is 4.79 Å². The number of hydrogen-bond donors (Lipinski definition) is 0. The van der Waals surface area contributed by atoms with Crippen LogP contribution in [0.15, 0.2) is 21.7 Å². The number of cyclic esters (lactones) is 1. The zero-order valence-corrected chi connectivity index (χ0v) is 14.7. The molecule has 2 saturated heterocycles. The maximum Gasteiger partial charge on any atom is 0.410 e. The number of piperidine rings is 1. The largest absolute Gasteiger partial charge is 0.467 e. The van der Waals surface area contributed by atoms with Crippen molar-refractivity contribution in [3.8, 4) is 0 Å². The number of methoxy groups -OCH3 is 1. The second kappa shape index (κ2) is 6.69. The summed E-state index contributed by atoms with van der Waals surface area (Å²) in [7, 11) is -2.22. The molecule has 2 aliphatic heterocycles. The second-order valence-electron chi connectivity index (χ2n) is 5.59. The summed E-state index contributed by atoms with van der Waals surface area (Å²) in [6, 6.07) is 2.29. The van der Waals surface area contributed by atoms with Crippen molar-refractivity contribution >= 4 is 33.4 Å². The molecule has 0 aliphatic carbocycles. The van der Waals surface area contributed by atoms with Crippen LogP contribution < -0.4 is 0 Å². The van der Waals surface area contributed by atoms with E-state index in [4.69, 9.17) is 9.47 Å². The summed E-state index contributed by atoms with van der Waals surface area (Å²) < 4.78 is 36.4. The Morgan fingerprint density at radius 3 is 2.67 bits per heavy atom. The normalized spacial score (nSPS) is 23.3. The maximum atomic E-state index is 12.5. The Morgan fingerprint density at radius 1 is 1.38 bits per heavy atom. The van der Waals surface area contributed by atoms with E-state index in [0.29, 0.717) is 30.1 Å². The number of hydrogen-bond acceptors (Lipinski definition) is 7. The Kier molecular flexibility index (Phi) is 4.79. The summed E-state index contributed by atoms with van der Waals surface area (Å²) in [5.41, 5.74) is 0. The molecule has 0 spiro atoms. The fraction of sp³-hybridized carbons (Fsp3) is 0.571. The molecule has 3 rings (SSSR count). The van der Waals surface area contributed by atoms with Crippen molar-refractivity contribution < 1.29 is 27.5 Å². The summed E-state index contributed by atoms with van der Waals surface area (Å²) in [4.78, 5) is 25.1. The minimum absolute atomic E-state index is 0.0286. The number of carbonyl (C=O) groups excluding carboxylic acids is 2. The van der Waals surface area contributed by atoms with Gasteiger partial charge in [-0.15, -0.1) is 11.3 Å². The van der Waals surface area contributed by atoms with Crippen molar-refractivity contribution in [1.82, 2.24) is 9.21 Å². The third kappa shape index (κ3) is 3.01. The van der Waals surface area contributed by atoms with Gasteiger partial charge in [0.1, 0.15) is 10.8 Å². The zero-order valence-electron chi connectivity index (χ0n) is 13.1. The Balaban J connectivity index is 1.69. The van der Waals surface area contributed by atoms with Crippen LogP contribution in [0.3, 0.4) is 0 Å². The van der Waals surface area contributed by atoms with Gasteiger partial charge in [0.2, 0.25) is 0 Å². The third-order valence-electron chi connectivity index (χ3n) is 4.29. The average molecular weight is 374 g/mol. The number of esters is 1. The molecular formula is C14H18N2O6S2. The van der Waals surface area contributed by atoms with Gasteiger partial charge < -0.3 is 9.47 Å². The van der Waals surface area contributed by atoms with Crippen LogP contribution in [0.25, 0.3) is 0 Å². The van der Waals surface area contributed by atoms with E-state index >= 15 is 0 Å². The molecule has 10 heteroatoms. The van der Waals surface area contributed by atoms with E-state index in [0.717, 1.165) is 0 Å². The highest BCUT2D eigenvalue weighted by Gasteiger charge is 2.44. The molecule has 0 saturated carbocycles. The summed E-state index contributed by atoms with van der Waals surface area (Å²) in [5.74, 6) is -0.519. The van der Waals surface area contributed by atoms with Crippen molar-refractivity contribution in [3.63, 3.8) is 0 Å². The minimum Gasteiger partial charge on any atom is -0.467 e. The molecule has 8 nitrogen and oxygen atoms in total. The minimum atomic E-state index is -3.49. The summed E-state index contributed by atoms with van der Waals surface area (Å²) >= 11 is 1.18. The van der Waals surface area contributed by atoms with Crippen molar-refractivity contribution in [3.05, 3.63) is 17.5 Å². The zero-order chi connectivity index (χ0) is 17.3. The quantitative estimate of drug-likeness (QED) is 0.727. The first-order valence-corrected chi connectivity index (χ1v) is 9.83. The smallest absolute Gasteiger partial charge is 0.410 e. The molecule has 1 aromatic rings. The number of nitrogens with zero attached hydrogens (tertiary/aromatic N) is 2. The van der Waals surface area contributed by atoms with Gasteiger partial charge >= 0.3 is 12.1 Å². The van der Waals surface area contributed by atoms with Gasteiger partial charge in [-0.25, -0.2) is 18.0 Å². The highest BCUT2D eigenvalue weighted by Crippen LogP contribution is 2.28. The molecule has 0 aromatic carbocycles. The second-order valence-corrected chi connectivity index (χ2v) is 8.70. The Bertz CT molecular complexity index is 710. The number of rotatable bonds is 4. The molecule has 1 aromatic heterocycles. The lowest BCUT2D eigenvalue weighted by Gasteiger charge is -2.36. The Hall–Kier alpha value is -1.65. The van der Waals surface area contributed by atoms with Gasteiger partial charge in [0.15, 0.2) is 6.04 Å². The number of ether oxygens (including phenoxy) is 2. The third-order valence-corrected chi connectivity index (χ3v) is 7.56. The predicted octanol–water partition coefficient (Wildman–Crippen LogP) is 0.895. The van der Waals surface area contributed by atoms with Crippen molar-refractivity contribution in [2.75, 3.05) is 26.8 Å². The number of sulfonamides is 1. The molecule has 1 amide bonds. The molecule has 0 radical (unpaired) electrons. The van der Waals surface area contributed by atoms with E-state index in [1.54, 1.807) is 17.5 Å². The summed E-state index contributed by atoms with van der Waals surface area (Å²) in [6.45, 7) is 0.560. The first-order valence-electron chi connectivity index (χ1n) is 7.51. The van der Waals surface area contributed by atoms with Crippen molar-refractivity contribution in [2.24, 2.45) is 0 Å². The van der Waals surface area contributed by atoms with E-state index in [1.165, 1.54) is 27.7 Å². The number of thiophene rings is 1. The molecule has 2 fully saturated rings. The SMILES string of the molecule is COC(=O)C1COC(=O)N1C1CCN(S(=O)(=O)c2cccs2)CC1. The topological polar surface area (TPSA) is 93.2 Å². The lowest BCUT2D eigenvalue weighted by molar-refractivity contribution is -0.145. The Morgan fingerprint density at radius 2 is 2.08 bits per heavy atom. The molecule has 24 heavy (non-hydrogen) atoms. The monoisotopic (exact) mass is 374 g/mol. The molecule has 3 heterocycles. The average Bonchev–Trinajstić information content (AvgIpc) is 3.24. The lowest BCUT2D eigenvalue weighted by Crippen LogP contribution is -2.51. The van der Waals surface area contributed by atoms with Crippen LogP contribution in [0.1, 0.15) is 12.8 Å². The number of carbonyl (C=O) groups is 2. The van der Waals surface area contributed by atoms with E-state index in [2.05, 4.69) is 0 Å². The van der Waals surface area contributed by atoms with Crippen LogP contribution in [-0.2, 0) is 24.3 Å². The van der Waals surface area contributed by atoms with Gasteiger partial charge in [-0.3, -0.25) is 4.90 Å². The van der Waals surface area contributed by atoms with Crippen LogP contribution in [0.2, 0.25) is 0 Å². The first kappa shape index (κ1) is 17.2. The van der Waals surface area contributed by atoms with Crippen molar-refractivity contribution in [2.45, 2.75) is 29.1 Å². The van der Waals surface area contributed by atoms with Crippen molar-refractivity contribution in [1.29, 1.82) is 0 Å². The van der Waals surface area contributed by atoms with E-state index in [-0.39, 0.29) is 12.6 Å². The number of amides is 1. The summed E-state index contributed by atoms with van der Waals surface area (Å²) in [6.07, 6.45) is 0.352. The van der Waals surface area contributed by atoms with Gasteiger partial charge in [0.05, 0.1) is 7.11 Å². The van der Waals surface area contributed by atoms with Gasteiger partial charge in [-0.2, -0.15) is 4.31 Å². The molecular weight excluding hydrogens is 356 g/mol. The highest BCUT2D eigenvalue weighted by atomic mass is 32.2. The molecule has 1 unspecified atom stereocenters. The van der Waals surface area contributed by atoms with Crippen LogP contribution in [0.5, 0.6) is 0 Å². The van der Waals surface area contributed by atoms with Crippen LogP contribution in [0, 0.1) is 0 Å². The van der Waals surface area contributed by atoms with Gasteiger partial charge in [0, 0.05) is 19.1 Å². The first-order chi connectivity index (χ1) is 11.4. The fourth-order valence-electron chi connectivity index (χ4n) is 3.05. The molecule has 2 aliphatic rings. The molecule has 0 bridgehead atoms.